The lowest BCUT2D eigenvalue weighted by molar-refractivity contribution is -0.125. The average molecular weight is 444 g/mol. The first-order valence-corrected chi connectivity index (χ1v) is 10.7. The molecule has 2 aliphatic rings. The lowest BCUT2D eigenvalue weighted by atomic mass is 9.87. The van der Waals surface area contributed by atoms with Crippen LogP contribution in [0, 0.1) is 0 Å². The van der Waals surface area contributed by atoms with Crippen LogP contribution in [0.25, 0.3) is 10.9 Å². The molecule has 1 atom stereocenters. The van der Waals surface area contributed by atoms with E-state index in [0.29, 0.717) is 18.7 Å². The summed E-state index contributed by atoms with van der Waals surface area (Å²) in [6, 6.07) is 11.9. The zero-order chi connectivity index (χ0) is 23.3. The summed E-state index contributed by atoms with van der Waals surface area (Å²) in [6.45, 7) is 6.04. The number of imide groups is 1. The number of rotatable bonds is 5. The molecule has 8 heteroatoms. The SMILES string of the molecule is C=CCNC(=O)c1ccccc1N1C(=O)N2CCc3c([nH]c4ccc(OC)cc34)[C@@]2(C)C1=O. The van der Waals surface area contributed by atoms with Gasteiger partial charge in [0.1, 0.15) is 5.75 Å². The summed E-state index contributed by atoms with van der Waals surface area (Å²) in [5.41, 5.74) is 1.90. The summed E-state index contributed by atoms with van der Waals surface area (Å²) in [4.78, 5) is 46.2. The van der Waals surface area contributed by atoms with Crippen LogP contribution >= 0.6 is 0 Å². The number of nitrogens with one attached hydrogen (secondary N) is 2. The first kappa shape index (κ1) is 20.8. The molecule has 33 heavy (non-hydrogen) atoms. The zero-order valence-electron chi connectivity index (χ0n) is 18.5. The molecule has 2 aliphatic heterocycles. The van der Waals surface area contributed by atoms with Crippen LogP contribution in [-0.2, 0) is 16.8 Å². The first-order valence-electron chi connectivity index (χ1n) is 10.7. The molecule has 1 saturated heterocycles. The number of aromatic nitrogens is 1. The van der Waals surface area contributed by atoms with Gasteiger partial charge in [-0.1, -0.05) is 18.2 Å². The van der Waals surface area contributed by atoms with E-state index in [-0.39, 0.29) is 23.7 Å². The van der Waals surface area contributed by atoms with Gasteiger partial charge in [-0.15, -0.1) is 6.58 Å². The largest absolute Gasteiger partial charge is 0.497 e. The smallest absolute Gasteiger partial charge is 0.332 e. The van der Waals surface area contributed by atoms with Gasteiger partial charge < -0.3 is 19.9 Å². The minimum Gasteiger partial charge on any atom is -0.497 e. The fourth-order valence-corrected chi connectivity index (χ4v) is 4.88. The van der Waals surface area contributed by atoms with Crippen LogP contribution in [0.15, 0.2) is 55.1 Å². The highest BCUT2D eigenvalue weighted by Gasteiger charge is 2.59. The van der Waals surface area contributed by atoms with E-state index < -0.39 is 17.5 Å². The van der Waals surface area contributed by atoms with E-state index in [9.17, 15) is 14.4 Å². The second-order valence-corrected chi connectivity index (χ2v) is 8.30. The topological polar surface area (TPSA) is 94.7 Å². The van der Waals surface area contributed by atoms with E-state index in [1.54, 1.807) is 49.3 Å². The second-order valence-electron chi connectivity index (χ2n) is 8.30. The van der Waals surface area contributed by atoms with Gasteiger partial charge in [-0.2, -0.15) is 0 Å². The predicted molar refractivity (Wildman–Crippen MR) is 124 cm³/mol. The van der Waals surface area contributed by atoms with Crippen molar-refractivity contribution in [2.45, 2.75) is 18.9 Å². The molecule has 2 N–H and O–H groups in total. The number of hydrogen-bond acceptors (Lipinski definition) is 4. The predicted octanol–water partition coefficient (Wildman–Crippen LogP) is 3.33. The number of carbonyl (C=O) groups excluding carboxylic acids is 3. The molecule has 2 aromatic carbocycles. The highest BCUT2D eigenvalue weighted by molar-refractivity contribution is 6.25. The van der Waals surface area contributed by atoms with Gasteiger partial charge in [0.2, 0.25) is 0 Å². The molecule has 8 nitrogen and oxygen atoms in total. The highest BCUT2D eigenvalue weighted by Crippen LogP contribution is 2.46. The van der Waals surface area contributed by atoms with Crippen LogP contribution in [0.2, 0.25) is 0 Å². The van der Waals surface area contributed by atoms with Gasteiger partial charge in [0.05, 0.1) is 24.1 Å². The second kappa shape index (κ2) is 7.51. The number of H-pyrrole nitrogens is 1. The maximum atomic E-state index is 13.9. The molecule has 0 saturated carbocycles. The van der Waals surface area contributed by atoms with Gasteiger partial charge in [-0.05, 0) is 49.2 Å². The van der Waals surface area contributed by atoms with Crippen molar-refractivity contribution in [3.63, 3.8) is 0 Å². The quantitative estimate of drug-likeness (QED) is 0.466. The minimum atomic E-state index is -1.21. The van der Waals surface area contributed by atoms with Crippen LogP contribution in [0.1, 0.15) is 28.5 Å². The number of carbonyl (C=O) groups is 3. The van der Waals surface area contributed by atoms with Crippen molar-refractivity contribution in [1.29, 1.82) is 0 Å². The maximum Gasteiger partial charge on any atom is 0.332 e. The van der Waals surface area contributed by atoms with Gasteiger partial charge in [0.15, 0.2) is 5.54 Å². The molecule has 3 aromatic rings. The molecule has 1 aromatic heterocycles. The molecule has 0 bridgehead atoms. The monoisotopic (exact) mass is 444 g/mol. The van der Waals surface area contributed by atoms with Crippen molar-refractivity contribution in [3.8, 4) is 5.75 Å². The van der Waals surface area contributed by atoms with Crippen molar-refractivity contribution in [2.75, 3.05) is 25.1 Å². The van der Waals surface area contributed by atoms with Crippen LogP contribution in [0.3, 0.4) is 0 Å². The molecule has 1 fully saturated rings. The van der Waals surface area contributed by atoms with E-state index in [2.05, 4.69) is 16.9 Å². The Balaban J connectivity index is 1.62. The van der Waals surface area contributed by atoms with Crippen LogP contribution in [0.4, 0.5) is 10.5 Å². The van der Waals surface area contributed by atoms with Gasteiger partial charge >= 0.3 is 6.03 Å². The summed E-state index contributed by atoms with van der Waals surface area (Å²) >= 11 is 0. The number of nitrogens with zero attached hydrogens (tertiary/aromatic N) is 2. The van der Waals surface area contributed by atoms with Crippen LogP contribution in [-0.4, -0.2) is 47.9 Å². The average Bonchev–Trinajstić information content (AvgIpc) is 3.30. The van der Waals surface area contributed by atoms with Crippen molar-refractivity contribution in [3.05, 3.63) is 71.9 Å². The standard InChI is InChI=1S/C25H24N4O4/c1-4-12-26-22(30)17-7-5-6-8-20(17)29-23(31)25(2)21-16(11-13-28(25)24(29)32)18-14-15(33-3)9-10-19(18)27-21/h4-10,14,27H,1,11-13H2,2-3H3,(H,26,30)/t25-/m0/s1. The first-order chi connectivity index (χ1) is 15.9. The van der Waals surface area contributed by atoms with Gasteiger partial charge in [0.25, 0.3) is 11.8 Å². The third-order valence-electron chi connectivity index (χ3n) is 6.56. The van der Waals surface area contributed by atoms with E-state index in [0.717, 1.165) is 27.1 Å². The molecular weight excluding hydrogens is 420 g/mol. The third kappa shape index (κ3) is 2.87. The number of fused-ring (bicyclic) bond motifs is 5. The fourth-order valence-electron chi connectivity index (χ4n) is 4.88. The lowest BCUT2D eigenvalue weighted by Gasteiger charge is -2.35. The summed E-state index contributed by atoms with van der Waals surface area (Å²) in [5, 5.41) is 3.70. The number of amides is 4. The Labute approximate surface area is 190 Å². The Morgan fingerprint density at radius 2 is 2.06 bits per heavy atom. The Bertz CT molecular complexity index is 1330. The number of benzene rings is 2. The van der Waals surface area contributed by atoms with E-state index in [1.165, 1.54) is 0 Å². The summed E-state index contributed by atoms with van der Waals surface area (Å²) in [5.74, 6) is -0.0396. The number of hydrogen-bond donors (Lipinski definition) is 2. The van der Waals surface area contributed by atoms with Crippen molar-refractivity contribution < 1.29 is 19.1 Å². The molecule has 4 amide bonds. The number of aromatic amines is 1. The van der Waals surface area contributed by atoms with Crippen LogP contribution in [0.5, 0.6) is 5.75 Å². The summed E-state index contributed by atoms with van der Waals surface area (Å²) in [6.07, 6.45) is 2.17. The number of urea groups is 1. The van der Waals surface area contributed by atoms with Crippen LogP contribution < -0.4 is 15.0 Å². The Morgan fingerprint density at radius 1 is 1.27 bits per heavy atom. The number of methoxy groups -OCH3 is 1. The Kier molecular flexibility index (Phi) is 4.74. The van der Waals surface area contributed by atoms with Crippen molar-refractivity contribution in [1.82, 2.24) is 15.2 Å². The van der Waals surface area contributed by atoms with E-state index in [1.807, 2.05) is 18.2 Å². The normalized spacial score (nSPS) is 19.5. The third-order valence-corrected chi connectivity index (χ3v) is 6.56. The summed E-state index contributed by atoms with van der Waals surface area (Å²) < 4.78 is 5.37. The molecule has 5 rings (SSSR count). The lowest BCUT2D eigenvalue weighted by Crippen LogP contribution is -2.49. The fraction of sp³-hybridized carbons (Fsp3) is 0.240. The maximum absolute atomic E-state index is 13.9. The Morgan fingerprint density at radius 3 is 2.82 bits per heavy atom. The number of para-hydroxylation sites is 1. The van der Waals surface area contributed by atoms with Crippen molar-refractivity contribution >= 4 is 34.4 Å². The van der Waals surface area contributed by atoms with Gasteiger partial charge in [0, 0.05) is 24.0 Å². The molecule has 168 valence electrons. The Hall–Kier alpha value is -4.07. The number of anilines is 1. The van der Waals surface area contributed by atoms with E-state index >= 15 is 0 Å². The minimum absolute atomic E-state index is 0.256. The molecule has 0 aliphatic carbocycles. The molecule has 0 spiro atoms. The summed E-state index contributed by atoms with van der Waals surface area (Å²) in [7, 11) is 1.61. The molecule has 0 unspecified atom stereocenters. The van der Waals surface area contributed by atoms with Gasteiger partial charge in [-0.3, -0.25) is 9.59 Å². The van der Waals surface area contributed by atoms with Crippen molar-refractivity contribution in [2.24, 2.45) is 0 Å². The van der Waals surface area contributed by atoms with Gasteiger partial charge in [-0.25, -0.2) is 9.69 Å². The molecule has 3 heterocycles. The van der Waals surface area contributed by atoms with E-state index in [4.69, 9.17) is 4.74 Å². The molecule has 0 radical (unpaired) electrons. The zero-order valence-corrected chi connectivity index (χ0v) is 18.5. The highest BCUT2D eigenvalue weighted by atomic mass is 16.5. The molecular formula is C25H24N4O4. The number of ether oxygens (including phenoxy) is 1.